The first-order chi connectivity index (χ1) is 11.7. The molecule has 0 N–H and O–H groups in total. The van der Waals surface area contributed by atoms with Crippen LogP contribution in [-0.4, -0.2) is 52.7 Å². The molecular formula is C18H31NO7. The molecule has 0 radical (unpaired) electrons. The van der Waals surface area contributed by atoms with Crippen molar-refractivity contribution in [1.82, 2.24) is 4.90 Å². The van der Waals surface area contributed by atoms with Crippen LogP contribution in [0.15, 0.2) is 0 Å². The number of nitrogens with zero attached hydrogens (tertiary/aromatic N) is 1. The summed E-state index contributed by atoms with van der Waals surface area (Å²) in [7, 11) is 0. The third-order valence-electron chi connectivity index (χ3n) is 2.89. The van der Waals surface area contributed by atoms with E-state index in [2.05, 4.69) is 0 Å². The van der Waals surface area contributed by atoms with E-state index in [1.165, 1.54) is 6.92 Å². The van der Waals surface area contributed by atoms with E-state index in [1.807, 2.05) is 0 Å². The fourth-order valence-electron chi connectivity index (χ4n) is 1.95. The predicted molar refractivity (Wildman–Crippen MR) is 94.6 cm³/mol. The van der Waals surface area contributed by atoms with E-state index >= 15 is 0 Å². The molecule has 0 aromatic heterocycles. The minimum atomic E-state index is -1.19. The van der Waals surface area contributed by atoms with E-state index in [4.69, 9.17) is 14.2 Å². The largest absolute Gasteiger partial charge is 0.466 e. The van der Waals surface area contributed by atoms with Gasteiger partial charge in [0.15, 0.2) is 5.78 Å². The quantitative estimate of drug-likeness (QED) is 0.519. The minimum Gasteiger partial charge on any atom is -0.466 e. The first kappa shape index (κ1) is 23.9. The average molecular weight is 373 g/mol. The van der Waals surface area contributed by atoms with Crippen LogP contribution >= 0.6 is 0 Å². The second-order valence-corrected chi connectivity index (χ2v) is 7.80. The Labute approximate surface area is 155 Å². The van der Waals surface area contributed by atoms with E-state index < -0.39 is 41.2 Å². The first-order valence-corrected chi connectivity index (χ1v) is 8.59. The second-order valence-electron chi connectivity index (χ2n) is 7.80. The zero-order chi connectivity index (χ0) is 20.7. The number of imide groups is 1. The van der Waals surface area contributed by atoms with Crippen molar-refractivity contribution in [2.45, 2.75) is 85.5 Å². The molecule has 0 aliphatic rings. The normalized spacial score (nSPS) is 12.8. The van der Waals surface area contributed by atoms with Gasteiger partial charge >= 0.3 is 18.2 Å². The number of hydrogen-bond acceptors (Lipinski definition) is 7. The smallest absolute Gasteiger partial charge is 0.420 e. The Morgan fingerprint density at radius 1 is 0.885 bits per heavy atom. The van der Waals surface area contributed by atoms with Crippen LogP contribution in [-0.2, 0) is 23.8 Å². The summed E-state index contributed by atoms with van der Waals surface area (Å²) < 4.78 is 15.3. The molecule has 0 fully saturated rings. The lowest BCUT2D eigenvalue weighted by atomic mass is 10.1. The van der Waals surface area contributed by atoms with Gasteiger partial charge in [0.25, 0.3) is 0 Å². The summed E-state index contributed by atoms with van der Waals surface area (Å²) in [5.41, 5.74) is -1.75. The van der Waals surface area contributed by atoms with Crippen LogP contribution in [0.3, 0.4) is 0 Å². The molecule has 8 heteroatoms. The van der Waals surface area contributed by atoms with Crippen LogP contribution in [0.4, 0.5) is 9.59 Å². The zero-order valence-corrected chi connectivity index (χ0v) is 17.0. The van der Waals surface area contributed by atoms with Crippen LogP contribution in [0.1, 0.15) is 68.2 Å². The Balaban J connectivity index is 5.59. The second kappa shape index (κ2) is 9.54. The number of ketones is 1. The molecule has 26 heavy (non-hydrogen) atoms. The van der Waals surface area contributed by atoms with Crippen molar-refractivity contribution >= 4 is 23.9 Å². The highest BCUT2D eigenvalue weighted by molar-refractivity contribution is 5.95. The van der Waals surface area contributed by atoms with E-state index in [1.54, 1.807) is 48.5 Å². The third kappa shape index (κ3) is 9.39. The van der Waals surface area contributed by atoms with Crippen molar-refractivity contribution in [2.75, 3.05) is 6.61 Å². The number of esters is 1. The summed E-state index contributed by atoms with van der Waals surface area (Å²) in [6, 6.07) is -1.19. The summed E-state index contributed by atoms with van der Waals surface area (Å²) in [6.45, 7) is 12.9. The van der Waals surface area contributed by atoms with Gasteiger partial charge in [0.2, 0.25) is 0 Å². The lowest BCUT2D eigenvalue weighted by molar-refractivity contribution is -0.143. The van der Waals surface area contributed by atoms with Crippen LogP contribution in [0.5, 0.6) is 0 Å². The number of carbonyl (C=O) groups is 4. The van der Waals surface area contributed by atoms with Gasteiger partial charge in [0.1, 0.15) is 17.2 Å². The monoisotopic (exact) mass is 373 g/mol. The lowest BCUT2D eigenvalue weighted by Crippen LogP contribution is -2.51. The SMILES string of the molecule is CCOC(=O)CC[C@@H](C(C)=O)N(C(=O)OC(C)(C)C)C(=O)OC(C)(C)C. The molecular weight excluding hydrogens is 342 g/mol. The molecule has 0 spiro atoms. The number of carbonyl (C=O) groups excluding carboxylic acids is 4. The van der Waals surface area contributed by atoms with E-state index in [0.717, 1.165) is 0 Å². The lowest BCUT2D eigenvalue weighted by Gasteiger charge is -2.32. The van der Waals surface area contributed by atoms with Gasteiger partial charge in [0, 0.05) is 6.42 Å². The van der Waals surface area contributed by atoms with Gasteiger partial charge < -0.3 is 14.2 Å². The molecule has 2 amide bonds. The summed E-state index contributed by atoms with van der Waals surface area (Å²) in [6.07, 6.45) is -2.21. The molecule has 0 rings (SSSR count). The first-order valence-electron chi connectivity index (χ1n) is 8.59. The Kier molecular flexibility index (Phi) is 8.76. The maximum absolute atomic E-state index is 12.5. The molecule has 0 aromatic rings. The topological polar surface area (TPSA) is 99.2 Å². The molecule has 150 valence electrons. The van der Waals surface area contributed by atoms with Crippen molar-refractivity contribution in [3.8, 4) is 0 Å². The molecule has 0 heterocycles. The number of Topliss-reactive ketones (excluding diaryl/α,β-unsaturated/α-hetero) is 1. The molecule has 0 aromatic carbocycles. The van der Waals surface area contributed by atoms with Crippen LogP contribution in [0.2, 0.25) is 0 Å². The fourth-order valence-corrected chi connectivity index (χ4v) is 1.95. The molecule has 0 saturated heterocycles. The molecule has 8 nitrogen and oxygen atoms in total. The number of ether oxygens (including phenoxy) is 3. The van der Waals surface area contributed by atoms with Crippen molar-refractivity contribution in [3.63, 3.8) is 0 Å². The Morgan fingerprint density at radius 3 is 1.62 bits per heavy atom. The van der Waals surface area contributed by atoms with Crippen LogP contribution in [0, 0.1) is 0 Å². The van der Waals surface area contributed by atoms with Gasteiger partial charge in [-0.05, 0) is 61.8 Å². The predicted octanol–water partition coefficient (Wildman–Crippen LogP) is 3.46. The molecule has 0 unspecified atom stereocenters. The summed E-state index contributed by atoms with van der Waals surface area (Å²) in [5, 5.41) is 0. The zero-order valence-electron chi connectivity index (χ0n) is 17.0. The number of hydrogen-bond donors (Lipinski definition) is 0. The highest BCUT2D eigenvalue weighted by Crippen LogP contribution is 2.19. The molecule has 0 bridgehead atoms. The summed E-state index contributed by atoms with van der Waals surface area (Å²) in [5.74, 6) is -0.988. The molecule has 0 aliphatic heterocycles. The standard InChI is InChI=1S/C18H31NO7/c1-9-24-14(21)11-10-13(12(2)20)19(15(22)25-17(3,4)5)16(23)26-18(6,7)8/h13H,9-11H2,1-8H3/t13-/m0/s1. The average Bonchev–Trinajstić information content (AvgIpc) is 2.38. The molecule has 0 saturated carbocycles. The Hall–Kier alpha value is -2.12. The minimum absolute atomic E-state index is 0.0767. The van der Waals surface area contributed by atoms with Gasteiger partial charge in [-0.1, -0.05) is 0 Å². The Morgan fingerprint density at radius 2 is 1.31 bits per heavy atom. The number of rotatable bonds is 6. The highest BCUT2D eigenvalue weighted by Gasteiger charge is 2.39. The van der Waals surface area contributed by atoms with Crippen molar-refractivity contribution < 1.29 is 33.4 Å². The van der Waals surface area contributed by atoms with Crippen molar-refractivity contribution in [1.29, 1.82) is 0 Å². The molecule has 0 aliphatic carbocycles. The third-order valence-corrected chi connectivity index (χ3v) is 2.89. The van der Waals surface area contributed by atoms with E-state index in [9.17, 15) is 19.2 Å². The van der Waals surface area contributed by atoms with Crippen LogP contribution in [0.25, 0.3) is 0 Å². The molecule has 1 atom stereocenters. The van der Waals surface area contributed by atoms with Crippen molar-refractivity contribution in [2.24, 2.45) is 0 Å². The van der Waals surface area contributed by atoms with E-state index in [-0.39, 0.29) is 19.4 Å². The van der Waals surface area contributed by atoms with Crippen LogP contribution < -0.4 is 0 Å². The summed E-state index contributed by atoms with van der Waals surface area (Å²) in [4.78, 5) is 49.4. The maximum Gasteiger partial charge on any atom is 0.420 e. The van der Waals surface area contributed by atoms with Gasteiger partial charge in [-0.3, -0.25) is 9.59 Å². The number of amides is 2. The summed E-state index contributed by atoms with van der Waals surface area (Å²) >= 11 is 0. The van der Waals surface area contributed by atoms with Crippen molar-refractivity contribution in [3.05, 3.63) is 0 Å². The van der Waals surface area contributed by atoms with E-state index in [0.29, 0.717) is 4.90 Å². The fraction of sp³-hybridized carbons (Fsp3) is 0.778. The van der Waals surface area contributed by atoms with Gasteiger partial charge in [-0.25, -0.2) is 14.5 Å². The Bertz CT molecular complexity index is 501. The maximum atomic E-state index is 12.5. The van der Waals surface area contributed by atoms with Gasteiger partial charge in [-0.2, -0.15) is 0 Å². The highest BCUT2D eigenvalue weighted by atomic mass is 16.6. The van der Waals surface area contributed by atoms with Gasteiger partial charge in [0.05, 0.1) is 6.61 Å². The van der Waals surface area contributed by atoms with Gasteiger partial charge in [-0.15, -0.1) is 0 Å².